The maximum Gasteiger partial charge on any atom is 0.0122 e. The van der Waals surface area contributed by atoms with Crippen molar-refractivity contribution in [1.29, 1.82) is 0 Å². The highest BCUT2D eigenvalue weighted by molar-refractivity contribution is 4.73. The highest BCUT2D eigenvalue weighted by Gasteiger charge is 2.17. The van der Waals surface area contributed by atoms with Gasteiger partial charge in [0.25, 0.3) is 0 Å². The summed E-state index contributed by atoms with van der Waals surface area (Å²) in [4.78, 5) is 2.44. The summed E-state index contributed by atoms with van der Waals surface area (Å²) >= 11 is 0. The van der Waals surface area contributed by atoms with Gasteiger partial charge in [-0.05, 0) is 52.6 Å². The molecule has 0 heterocycles. The number of hydrogen-bond acceptors (Lipinski definition) is 1. The smallest absolute Gasteiger partial charge is 0.0122 e. The average Bonchev–Trinajstić information content (AvgIpc) is 2.15. The van der Waals surface area contributed by atoms with E-state index >= 15 is 0 Å². The molecule has 0 aliphatic rings. The van der Waals surface area contributed by atoms with E-state index in [0.717, 1.165) is 11.8 Å². The van der Waals surface area contributed by atoms with Gasteiger partial charge in [-0.1, -0.05) is 34.6 Å². The summed E-state index contributed by atoms with van der Waals surface area (Å²) in [5.41, 5.74) is 0.316. The SMILES string of the molecule is CC.CC(C)C(C)CCN(C)C(C)(C)C. The Morgan fingerprint density at radius 3 is 1.67 bits per heavy atom. The van der Waals surface area contributed by atoms with Crippen LogP contribution >= 0.6 is 0 Å². The van der Waals surface area contributed by atoms with E-state index in [0.29, 0.717) is 5.54 Å². The first-order valence-electron chi connectivity index (χ1n) is 6.46. The predicted octanol–water partition coefficient (Wildman–Crippen LogP) is 4.43. The summed E-state index contributed by atoms with van der Waals surface area (Å²) < 4.78 is 0. The molecular weight excluding hydrogens is 182 g/mol. The molecule has 0 saturated heterocycles. The van der Waals surface area contributed by atoms with Gasteiger partial charge in [0.15, 0.2) is 0 Å². The van der Waals surface area contributed by atoms with E-state index < -0.39 is 0 Å². The van der Waals surface area contributed by atoms with Crippen LogP contribution in [0.1, 0.15) is 61.8 Å². The molecule has 0 bridgehead atoms. The molecule has 0 spiro atoms. The first-order valence-corrected chi connectivity index (χ1v) is 6.46. The standard InChI is InChI=1S/C12H27N.C2H6/c1-10(2)11(3)8-9-13(7)12(4,5)6;1-2/h10-11H,8-9H2,1-7H3;1-2H3. The zero-order chi connectivity index (χ0) is 12.6. The predicted molar refractivity (Wildman–Crippen MR) is 72.4 cm³/mol. The summed E-state index contributed by atoms with van der Waals surface area (Å²) in [6, 6.07) is 0. The topological polar surface area (TPSA) is 3.24 Å². The summed E-state index contributed by atoms with van der Waals surface area (Å²) in [5, 5.41) is 0. The van der Waals surface area contributed by atoms with Crippen molar-refractivity contribution in [3.05, 3.63) is 0 Å². The molecular formula is C14H33N. The van der Waals surface area contributed by atoms with Crippen molar-refractivity contribution >= 4 is 0 Å². The first kappa shape index (κ1) is 17.4. The molecule has 0 amide bonds. The minimum Gasteiger partial charge on any atom is -0.302 e. The molecule has 1 unspecified atom stereocenters. The lowest BCUT2D eigenvalue weighted by Gasteiger charge is -2.33. The van der Waals surface area contributed by atoms with Gasteiger partial charge >= 0.3 is 0 Å². The Labute approximate surface area is 98.2 Å². The van der Waals surface area contributed by atoms with E-state index in [1.165, 1.54) is 13.0 Å². The summed E-state index contributed by atoms with van der Waals surface area (Å²) in [6.07, 6.45) is 1.31. The lowest BCUT2D eigenvalue weighted by molar-refractivity contribution is 0.160. The molecule has 0 fully saturated rings. The lowest BCUT2D eigenvalue weighted by Crippen LogP contribution is -2.39. The monoisotopic (exact) mass is 215 g/mol. The van der Waals surface area contributed by atoms with E-state index in [-0.39, 0.29) is 0 Å². The van der Waals surface area contributed by atoms with Crippen LogP contribution < -0.4 is 0 Å². The van der Waals surface area contributed by atoms with Crippen LogP contribution in [0.4, 0.5) is 0 Å². The quantitative estimate of drug-likeness (QED) is 0.671. The van der Waals surface area contributed by atoms with Crippen molar-refractivity contribution in [3.63, 3.8) is 0 Å². The molecule has 0 aromatic carbocycles. The molecule has 94 valence electrons. The van der Waals surface area contributed by atoms with E-state index in [1.807, 2.05) is 13.8 Å². The number of rotatable bonds is 4. The Hall–Kier alpha value is -0.0400. The van der Waals surface area contributed by atoms with Gasteiger partial charge in [0.2, 0.25) is 0 Å². The molecule has 1 heteroatoms. The van der Waals surface area contributed by atoms with Gasteiger partial charge in [0.1, 0.15) is 0 Å². The summed E-state index contributed by atoms with van der Waals surface area (Å²) in [7, 11) is 2.22. The fraction of sp³-hybridized carbons (Fsp3) is 1.00. The third-order valence-electron chi connectivity index (χ3n) is 3.20. The Morgan fingerprint density at radius 1 is 1.00 bits per heavy atom. The second-order valence-corrected chi connectivity index (χ2v) is 5.60. The van der Waals surface area contributed by atoms with E-state index in [4.69, 9.17) is 0 Å². The minimum absolute atomic E-state index is 0.316. The fourth-order valence-corrected chi connectivity index (χ4v) is 1.07. The van der Waals surface area contributed by atoms with Crippen LogP contribution in [-0.2, 0) is 0 Å². The Morgan fingerprint density at radius 2 is 1.40 bits per heavy atom. The normalized spacial score (nSPS) is 13.8. The van der Waals surface area contributed by atoms with Crippen molar-refractivity contribution < 1.29 is 0 Å². The van der Waals surface area contributed by atoms with E-state index in [9.17, 15) is 0 Å². The van der Waals surface area contributed by atoms with Crippen LogP contribution in [0.2, 0.25) is 0 Å². The molecule has 0 saturated carbocycles. The van der Waals surface area contributed by atoms with Crippen molar-refractivity contribution in [2.45, 2.75) is 67.3 Å². The van der Waals surface area contributed by atoms with Crippen LogP contribution in [0.5, 0.6) is 0 Å². The van der Waals surface area contributed by atoms with E-state index in [1.54, 1.807) is 0 Å². The molecule has 0 aliphatic heterocycles. The number of nitrogens with zero attached hydrogens (tertiary/aromatic N) is 1. The van der Waals surface area contributed by atoms with Crippen LogP contribution in [-0.4, -0.2) is 24.0 Å². The zero-order valence-corrected chi connectivity index (χ0v) is 12.5. The van der Waals surface area contributed by atoms with Crippen molar-refractivity contribution in [1.82, 2.24) is 4.90 Å². The van der Waals surface area contributed by atoms with Gasteiger partial charge in [-0.15, -0.1) is 0 Å². The Bertz CT molecular complexity index is 133. The van der Waals surface area contributed by atoms with Gasteiger partial charge in [-0.2, -0.15) is 0 Å². The third-order valence-corrected chi connectivity index (χ3v) is 3.20. The largest absolute Gasteiger partial charge is 0.302 e. The van der Waals surface area contributed by atoms with Crippen LogP contribution in [0, 0.1) is 11.8 Å². The molecule has 0 aromatic heterocycles. The molecule has 0 radical (unpaired) electrons. The minimum atomic E-state index is 0.316. The molecule has 0 aromatic rings. The van der Waals surface area contributed by atoms with Crippen molar-refractivity contribution in [2.24, 2.45) is 11.8 Å². The van der Waals surface area contributed by atoms with Gasteiger partial charge in [-0.3, -0.25) is 0 Å². The first-order chi connectivity index (χ1) is 6.75. The highest BCUT2D eigenvalue weighted by atomic mass is 15.1. The molecule has 0 aliphatic carbocycles. The second-order valence-electron chi connectivity index (χ2n) is 5.60. The second kappa shape index (κ2) is 8.15. The maximum absolute atomic E-state index is 2.44. The van der Waals surface area contributed by atoms with Gasteiger partial charge in [0.05, 0.1) is 0 Å². The van der Waals surface area contributed by atoms with Gasteiger partial charge in [0, 0.05) is 5.54 Å². The van der Waals surface area contributed by atoms with Crippen molar-refractivity contribution in [3.8, 4) is 0 Å². The van der Waals surface area contributed by atoms with Crippen LogP contribution in [0.15, 0.2) is 0 Å². The molecule has 0 rings (SSSR count). The maximum atomic E-state index is 2.44. The lowest BCUT2D eigenvalue weighted by atomic mass is 9.94. The van der Waals surface area contributed by atoms with Gasteiger partial charge in [-0.25, -0.2) is 0 Å². The van der Waals surface area contributed by atoms with E-state index in [2.05, 4.69) is 53.5 Å². The van der Waals surface area contributed by atoms with Crippen LogP contribution in [0.3, 0.4) is 0 Å². The highest BCUT2D eigenvalue weighted by Crippen LogP contribution is 2.17. The molecule has 1 nitrogen and oxygen atoms in total. The summed E-state index contributed by atoms with van der Waals surface area (Å²) in [6.45, 7) is 19.0. The Balaban J connectivity index is 0. The fourth-order valence-electron chi connectivity index (χ4n) is 1.07. The number of hydrogen-bond donors (Lipinski definition) is 0. The van der Waals surface area contributed by atoms with Crippen molar-refractivity contribution in [2.75, 3.05) is 13.6 Å². The molecule has 15 heavy (non-hydrogen) atoms. The summed E-state index contributed by atoms with van der Waals surface area (Å²) in [5.74, 6) is 1.65. The molecule has 0 N–H and O–H groups in total. The zero-order valence-electron chi connectivity index (χ0n) is 12.5. The average molecular weight is 215 g/mol. The Kier molecular flexibility index (Phi) is 9.43. The third kappa shape index (κ3) is 8.92. The molecule has 1 atom stereocenters. The van der Waals surface area contributed by atoms with Gasteiger partial charge < -0.3 is 4.90 Å². The van der Waals surface area contributed by atoms with Crippen LogP contribution in [0.25, 0.3) is 0 Å².